The molecule has 1 aromatic carbocycles. The molecule has 0 radical (unpaired) electrons. The van der Waals surface area contributed by atoms with E-state index in [1.165, 1.54) is 25.2 Å². The lowest BCUT2D eigenvalue weighted by Gasteiger charge is -2.15. The maximum absolute atomic E-state index is 12.3. The normalized spacial score (nSPS) is 15.5. The first kappa shape index (κ1) is 21.1. The van der Waals surface area contributed by atoms with Crippen LogP contribution in [0.1, 0.15) is 12.0 Å². The highest BCUT2D eigenvalue weighted by Gasteiger charge is 2.19. The highest BCUT2D eigenvalue weighted by atomic mass is 35.5. The van der Waals surface area contributed by atoms with Crippen molar-refractivity contribution in [3.8, 4) is 0 Å². The summed E-state index contributed by atoms with van der Waals surface area (Å²) in [5, 5.41) is 3.16. The quantitative estimate of drug-likeness (QED) is 0.609. The predicted molar refractivity (Wildman–Crippen MR) is 95.4 cm³/mol. The summed E-state index contributed by atoms with van der Waals surface area (Å²) in [6.45, 7) is 3.41. The molecule has 1 heterocycles. The minimum Gasteiger partial charge on any atom is -0.313 e. The predicted octanol–water partition coefficient (Wildman–Crippen LogP) is 0.523. The van der Waals surface area contributed by atoms with Gasteiger partial charge in [-0.2, -0.15) is 0 Å². The van der Waals surface area contributed by atoms with Crippen LogP contribution in [-0.4, -0.2) is 43.5 Å². The molecule has 2 rings (SSSR count). The van der Waals surface area contributed by atoms with E-state index in [1.54, 1.807) is 6.92 Å². The molecular formula is C14H22ClN3O4S2. The largest absolute Gasteiger partial charge is 0.313 e. The fourth-order valence-electron chi connectivity index (χ4n) is 2.30. The van der Waals surface area contributed by atoms with E-state index >= 15 is 0 Å². The SMILES string of the molecule is CNS(=O)(=O)c1ccc(S(=O)(=O)NCC2=CCNCC2)cc1C.Cl. The highest BCUT2D eigenvalue weighted by Crippen LogP contribution is 2.19. The first-order valence-electron chi connectivity index (χ1n) is 7.19. The van der Waals surface area contributed by atoms with Crippen molar-refractivity contribution in [2.24, 2.45) is 0 Å². The van der Waals surface area contributed by atoms with Crippen LogP contribution in [0.2, 0.25) is 0 Å². The first-order valence-corrected chi connectivity index (χ1v) is 10.2. The Bertz CT molecular complexity index is 820. The van der Waals surface area contributed by atoms with E-state index in [0.29, 0.717) is 5.56 Å². The van der Waals surface area contributed by atoms with E-state index in [1.807, 2.05) is 6.08 Å². The zero-order valence-corrected chi connectivity index (χ0v) is 15.9. The number of aryl methyl sites for hydroxylation is 1. The Morgan fingerprint density at radius 2 is 1.88 bits per heavy atom. The molecule has 0 atom stereocenters. The first-order chi connectivity index (χ1) is 10.8. The van der Waals surface area contributed by atoms with Crippen molar-refractivity contribution >= 4 is 32.5 Å². The van der Waals surface area contributed by atoms with E-state index in [0.717, 1.165) is 25.1 Å². The molecule has 10 heteroatoms. The van der Waals surface area contributed by atoms with Crippen LogP contribution in [0.15, 0.2) is 39.6 Å². The van der Waals surface area contributed by atoms with E-state index in [4.69, 9.17) is 0 Å². The smallest absolute Gasteiger partial charge is 0.240 e. The van der Waals surface area contributed by atoms with Crippen molar-refractivity contribution in [1.29, 1.82) is 0 Å². The van der Waals surface area contributed by atoms with Crippen LogP contribution in [0.25, 0.3) is 0 Å². The van der Waals surface area contributed by atoms with Crippen molar-refractivity contribution in [3.63, 3.8) is 0 Å². The zero-order chi connectivity index (χ0) is 17.1. The Morgan fingerprint density at radius 3 is 2.42 bits per heavy atom. The Labute approximate surface area is 149 Å². The van der Waals surface area contributed by atoms with Gasteiger partial charge in [0.25, 0.3) is 0 Å². The second kappa shape index (κ2) is 8.41. The van der Waals surface area contributed by atoms with Crippen molar-refractivity contribution in [1.82, 2.24) is 14.8 Å². The van der Waals surface area contributed by atoms with Gasteiger partial charge in [-0.1, -0.05) is 11.6 Å². The molecule has 0 saturated heterocycles. The lowest BCUT2D eigenvalue weighted by atomic mass is 10.1. The van der Waals surface area contributed by atoms with Crippen LogP contribution in [0, 0.1) is 6.92 Å². The van der Waals surface area contributed by atoms with Crippen molar-refractivity contribution in [2.75, 3.05) is 26.7 Å². The summed E-state index contributed by atoms with van der Waals surface area (Å²) in [5.41, 5.74) is 1.42. The molecule has 136 valence electrons. The minimum atomic E-state index is -3.68. The molecule has 1 aromatic rings. The average Bonchev–Trinajstić information content (AvgIpc) is 2.53. The minimum absolute atomic E-state index is 0. The summed E-state index contributed by atoms with van der Waals surface area (Å²) < 4.78 is 53.1. The number of rotatable bonds is 6. The second-order valence-corrected chi connectivity index (χ2v) is 8.90. The van der Waals surface area contributed by atoms with Crippen molar-refractivity contribution in [2.45, 2.75) is 23.1 Å². The van der Waals surface area contributed by atoms with Gasteiger partial charge in [-0.25, -0.2) is 26.3 Å². The third-order valence-electron chi connectivity index (χ3n) is 3.66. The summed E-state index contributed by atoms with van der Waals surface area (Å²) in [4.78, 5) is 0.125. The zero-order valence-electron chi connectivity index (χ0n) is 13.5. The maximum atomic E-state index is 12.3. The molecule has 0 saturated carbocycles. The third kappa shape index (κ3) is 5.01. The molecule has 7 nitrogen and oxygen atoms in total. The van der Waals surface area contributed by atoms with E-state index in [-0.39, 0.29) is 28.7 Å². The van der Waals surface area contributed by atoms with Crippen LogP contribution < -0.4 is 14.8 Å². The Kier molecular flexibility index (Phi) is 7.39. The maximum Gasteiger partial charge on any atom is 0.240 e. The fourth-order valence-corrected chi connectivity index (χ4v) is 4.37. The lowest BCUT2D eigenvalue weighted by Crippen LogP contribution is -2.30. The lowest BCUT2D eigenvalue weighted by molar-refractivity contribution is 0.580. The number of nitrogens with one attached hydrogen (secondary N) is 3. The van der Waals surface area contributed by atoms with Gasteiger partial charge in [0, 0.05) is 13.1 Å². The molecule has 0 aromatic heterocycles. The summed E-state index contributed by atoms with van der Waals surface area (Å²) in [6, 6.07) is 3.97. The molecule has 1 aliphatic heterocycles. The number of sulfonamides is 2. The Hall–Kier alpha value is -0.970. The molecule has 24 heavy (non-hydrogen) atoms. The standard InChI is InChI=1S/C14H21N3O4S2.ClH/c1-11-9-13(3-4-14(11)23(20,21)15-2)22(18,19)17-10-12-5-7-16-8-6-12;/h3-5,9,15-17H,6-8,10H2,1-2H3;1H. The van der Waals surface area contributed by atoms with E-state index < -0.39 is 20.0 Å². The second-order valence-electron chi connectivity index (χ2n) is 5.28. The molecule has 0 bridgehead atoms. The van der Waals surface area contributed by atoms with Gasteiger partial charge in [0.2, 0.25) is 20.0 Å². The Morgan fingerprint density at radius 1 is 1.17 bits per heavy atom. The summed E-state index contributed by atoms with van der Waals surface area (Å²) in [7, 11) is -5.97. The number of hydrogen-bond acceptors (Lipinski definition) is 5. The van der Waals surface area contributed by atoms with Crippen LogP contribution >= 0.6 is 12.4 Å². The van der Waals surface area contributed by atoms with E-state index in [2.05, 4.69) is 14.8 Å². The van der Waals surface area contributed by atoms with Crippen LogP contribution in [0.5, 0.6) is 0 Å². The molecule has 0 amide bonds. The summed E-state index contributed by atoms with van der Waals surface area (Å²) in [6.07, 6.45) is 2.78. The van der Waals surface area contributed by atoms with Crippen LogP contribution in [0.4, 0.5) is 0 Å². The van der Waals surface area contributed by atoms with Gasteiger partial charge >= 0.3 is 0 Å². The number of hydrogen-bond donors (Lipinski definition) is 3. The summed E-state index contributed by atoms with van der Waals surface area (Å²) in [5.74, 6) is 0. The van der Waals surface area contributed by atoms with Gasteiger partial charge in [0.1, 0.15) is 0 Å². The highest BCUT2D eigenvalue weighted by molar-refractivity contribution is 7.90. The summed E-state index contributed by atoms with van der Waals surface area (Å²) >= 11 is 0. The van der Waals surface area contributed by atoms with Crippen molar-refractivity contribution < 1.29 is 16.8 Å². The number of halogens is 1. The molecular weight excluding hydrogens is 374 g/mol. The number of benzene rings is 1. The van der Waals surface area contributed by atoms with Crippen LogP contribution in [-0.2, 0) is 20.0 Å². The molecule has 0 spiro atoms. The van der Waals surface area contributed by atoms with Crippen LogP contribution in [0.3, 0.4) is 0 Å². The van der Waals surface area contributed by atoms with Gasteiger partial charge in [-0.3, -0.25) is 0 Å². The fraction of sp³-hybridized carbons (Fsp3) is 0.429. The van der Waals surface area contributed by atoms with Gasteiger partial charge in [-0.05, 0) is 50.7 Å². The van der Waals surface area contributed by atoms with Gasteiger partial charge in [0.15, 0.2) is 0 Å². The van der Waals surface area contributed by atoms with E-state index in [9.17, 15) is 16.8 Å². The average molecular weight is 396 g/mol. The third-order valence-corrected chi connectivity index (χ3v) is 6.64. The van der Waals surface area contributed by atoms with Gasteiger partial charge in [-0.15, -0.1) is 12.4 Å². The molecule has 0 fully saturated rings. The molecule has 1 aliphatic rings. The topological polar surface area (TPSA) is 104 Å². The Balaban J connectivity index is 0.00000288. The van der Waals surface area contributed by atoms with Gasteiger partial charge in [0.05, 0.1) is 9.79 Å². The van der Waals surface area contributed by atoms with Crippen molar-refractivity contribution in [3.05, 3.63) is 35.4 Å². The molecule has 3 N–H and O–H groups in total. The van der Waals surface area contributed by atoms with Gasteiger partial charge < -0.3 is 5.32 Å². The monoisotopic (exact) mass is 395 g/mol. The molecule has 0 unspecified atom stereocenters. The molecule has 0 aliphatic carbocycles.